The molecule has 1 amide bonds. The zero-order valence-electron chi connectivity index (χ0n) is 13.3. The number of nitriles is 1. The maximum absolute atomic E-state index is 12.2. The highest BCUT2D eigenvalue weighted by Gasteiger charge is 2.11. The SMILES string of the molecule is COc1ccc(NC(=O)/C(C#N)=C\NCc2ccco2)cc1OC. The monoisotopic (exact) mass is 327 g/mol. The molecule has 0 aliphatic carbocycles. The number of furan rings is 1. The van der Waals surface area contributed by atoms with E-state index in [-0.39, 0.29) is 5.57 Å². The van der Waals surface area contributed by atoms with Crippen molar-refractivity contribution in [2.24, 2.45) is 0 Å². The molecule has 1 heterocycles. The summed E-state index contributed by atoms with van der Waals surface area (Å²) in [6.07, 6.45) is 2.90. The normalized spacial score (nSPS) is 10.6. The fourth-order valence-electron chi connectivity index (χ4n) is 1.93. The molecule has 0 aliphatic heterocycles. The van der Waals surface area contributed by atoms with Crippen LogP contribution < -0.4 is 20.1 Å². The number of benzene rings is 1. The minimum absolute atomic E-state index is 0.0589. The molecule has 1 aromatic heterocycles. The Bertz CT molecular complexity index is 761. The molecule has 0 aliphatic rings. The highest BCUT2D eigenvalue weighted by atomic mass is 16.5. The predicted molar refractivity (Wildman–Crippen MR) is 87.4 cm³/mol. The average molecular weight is 327 g/mol. The number of nitrogens with zero attached hydrogens (tertiary/aromatic N) is 1. The van der Waals surface area contributed by atoms with E-state index >= 15 is 0 Å². The van der Waals surface area contributed by atoms with Crippen LogP contribution >= 0.6 is 0 Å². The Morgan fingerprint density at radius 2 is 2.08 bits per heavy atom. The van der Waals surface area contributed by atoms with Gasteiger partial charge in [-0.25, -0.2) is 0 Å². The van der Waals surface area contributed by atoms with Gasteiger partial charge in [0.25, 0.3) is 5.91 Å². The van der Waals surface area contributed by atoms with Crippen molar-refractivity contribution in [3.63, 3.8) is 0 Å². The average Bonchev–Trinajstić information content (AvgIpc) is 3.11. The lowest BCUT2D eigenvalue weighted by atomic mass is 10.2. The zero-order chi connectivity index (χ0) is 17.4. The molecule has 124 valence electrons. The van der Waals surface area contributed by atoms with Crippen LogP contribution in [0.1, 0.15) is 5.76 Å². The van der Waals surface area contributed by atoms with Crippen molar-refractivity contribution in [1.29, 1.82) is 5.26 Å². The number of carbonyl (C=O) groups is 1. The van der Waals surface area contributed by atoms with Crippen LogP contribution in [-0.2, 0) is 11.3 Å². The lowest BCUT2D eigenvalue weighted by Crippen LogP contribution is -2.16. The van der Waals surface area contributed by atoms with Crippen molar-refractivity contribution >= 4 is 11.6 Å². The van der Waals surface area contributed by atoms with Crippen LogP contribution in [0, 0.1) is 11.3 Å². The molecule has 0 fully saturated rings. The number of nitrogens with one attached hydrogen (secondary N) is 2. The van der Waals surface area contributed by atoms with E-state index in [1.807, 2.05) is 6.07 Å². The Labute approximate surface area is 139 Å². The summed E-state index contributed by atoms with van der Waals surface area (Å²) >= 11 is 0. The van der Waals surface area contributed by atoms with Crippen molar-refractivity contribution in [2.45, 2.75) is 6.54 Å². The molecule has 0 bridgehead atoms. The van der Waals surface area contributed by atoms with E-state index < -0.39 is 5.91 Å². The summed E-state index contributed by atoms with van der Waals surface area (Å²) in [5.74, 6) is 1.20. The van der Waals surface area contributed by atoms with Gasteiger partial charge in [0.2, 0.25) is 0 Å². The van der Waals surface area contributed by atoms with E-state index in [1.165, 1.54) is 20.4 Å². The summed E-state index contributed by atoms with van der Waals surface area (Å²) in [7, 11) is 3.03. The van der Waals surface area contributed by atoms with Crippen LogP contribution in [0.4, 0.5) is 5.69 Å². The fourth-order valence-corrected chi connectivity index (χ4v) is 1.93. The van der Waals surface area contributed by atoms with E-state index in [1.54, 1.807) is 36.6 Å². The number of amides is 1. The third-order valence-corrected chi connectivity index (χ3v) is 3.11. The largest absolute Gasteiger partial charge is 0.493 e. The van der Waals surface area contributed by atoms with E-state index in [2.05, 4.69) is 10.6 Å². The highest BCUT2D eigenvalue weighted by molar-refractivity contribution is 6.06. The van der Waals surface area contributed by atoms with Gasteiger partial charge in [-0.15, -0.1) is 0 Å². The second kappa shape index (κ2) is 8.29. The van der Waals surface area contributed by atoms with Crippen molar-refractivity contribution in [1.82, 2.24) is 5.32 Å². The molecule has 0 saturated heterocycles. The number of hydrogen-bond acceptors (Lipinski definition) is 6. The third kappa shape index (κ3) is 4.30. The van der Waals surface area contributed by atoms with Crippen LogP contribution in [0.3, 0.4) is 0 Å². The summed E-state index contributed by atoms with van der Waals surface area (Å²) in [6.45, 7) is 0.377. The Morgan fingerprint density at radius 1 is 1.29 bits per heavy atom. The molecule has 7 nitrogen and oxygen atoms in total. The van der Waals surface area contributed by atoms with Gasteiger partial charge in [-0.1, -0.05) is 0 Å². The lowest BCUT2D eigenvalue weighted by molar-refractivity contribution is -0.112. The maximum Gasteiger partial charge on any atom is 0.267 e. The Balaban J connectivity index is 2.02. The number of methoxy groups -OCH3 is 2. The topological polar surface area (TPSA) is 96.5 Å². The van der Waals surface area contributed by atoms with Crippen LogP contribution in [-0.4, -0.2) is 20.1 Å². The van der Waals surface area contributed by atoms with Gasteiger partial charge in [0.15, 0.2) is 11.5 Å². The van der Waals surface area contributed by atoms with Gasteiger partial charge in [-0.05, 0) is 24.3 Å². The standard InChI is InChI=1S/C17H17N3O4/c1-22-15-6-5-13(8-16(15)23-2)20-17(21)12(9-18)10-19-11-14-4-3-7-24-14/h3-8,10,19H,11H2,1-2H3,(H,20,21)/b12-10-. The van der Waals surface area contributed by atoms with Gasteiger partial charge < -0.3 is 24.5 Å². The van der Waals surface area contributed by atoms with Gasteiger partial charge in [0.05, 0.1) is 27.0 Å². The molecule has 0 radical (unpaired) electrons. The predicted octanol–water partition coefficient (Wildman–Crippen LogP) is 2.43. The Hall–Kier alpha value is -3.40. The molecular weight excluding hydrogens is 310 g/mol. The molecule has 2 rings (SSSR count). The van der Waals surface area contributed by atoms with Gasteiger partial charge in [0.1, 0.15) is 17.4 Å². The fraction of sp³-hybridized carbons (Fsp3) is 0.176. The van der Waals surface area contributed by atoms with Crippen molar-refractivity contribution in [3.05, 3.63) is 54.1 Å². The molecule has 0 saturated carbocycles. The van der Waals surface area contributed by atoms with E-state index in [0.29, 0.717) is 29.5 Å². The summed E-state index contributed by atoms with van der Waals surface area (Å²) in [4.78, 5) is 12.2. The second-order valence-electron chi connectivity index (χ2n) is 4.65. The van der Waals surface area contributed by atoms with E-state index in [9.17, 15) is 4.79 Å². The molecule has 24 heavy (non-hydrogen) atoms. The number of rotatable bonds is 7. The first kappa shape index (κ1) is 17.0. The van der Waals surface area contributed by atoms with Crippen LogP contribution in [0.25, 0.3) is 0 Å². The third-order valence-electron chi connectivity index (χ3n) is 3.11. The van der Waals surface area contributed by atoms with Crippen molar-refractivity contribution in [2.75, 3.05) is 19.5 Å². The van der Waals surface area contributed by atoms with E-state index in [0.717, 1.165) is 0 Å². The molecule has 0 unspecified atom stereocenters. The lowest BCUT2D eigenvalue weighted by Gasteiger charge is -2.10. The number of ether oxygens (including phenoxy) is 2. The van der Waals surface area contributed by atoms with Gasteiger partial charge >= 0.3 is 0 Å². The molecule has 2 aromatic rings. The summed E-state index contributed by atoms with van der Waals surface area (Å²) in [5.41, 5.74) is 0.432. The molecule has 1 aromatic carbocycles. The van der Waals surface area contributed by atoms with Gasteiger partial charge in [-0.3, -0.25) is 4.79 Å². The first-order valence-electron chi connectivity index (χ1n) is 7.07. The van der Waals surface area contributed by atoms with Crippen LogP contribution in [0.5, 0.6) is 11.5 Å². The van der Waals surface area contributed by atoms with Crippen LogP contribution in [0.15, 0.2) is 52.8 Å². The highest BCUT2D eigenvalue weighted by Crippen LogP contribution is 2.29. The minimum Gasteiger partial charge on any atom is -0.493 e. The minimum atomic E-state index is -0.531. The first-order chi connectivity index (χ1) is 11.7. The van der Waals surface area contributed by atoms with Gasteiger partial charge in [-0.2, -0.15) is 5.26 Å². The smallest absolute Gasteiger partial charge is 0.267 e. The second-order valence-corrected chi connectivity index (χ2v) is 4.65. The molecule has 0 spiro atoms. The van der Waals surface area contributed by atoms with E-state index in [4.69, 9.17) is 19.2 Å². The molecular formula is C17H17N3O4. The molecule has 2 N–H and O–H groups in total. The maximum atomic E-state index is 12.2. The Morgan fingerprint density at radius 3 is 2.71 bits per heavy atom. The Kier molecular flexibility index (Phi) is 5.86. The summed E-state index contributed by atoms with van der Waals surface area (Å²) in [5, 5.41) is 14.6. The number of carbonyl (C=O) groups excluding carboxylic acids is 1. The first-order valence-corrected chi connectivity index (χ1v) is 7.07. The number of anilines is 1. The molecule has 7 heteroatoms. The number of hydrogen-bond donors (Lipinski definition) is 2. The summed E-state index contributed by atoms with van der Waals surface area (Å²) < 4.78 is 15.5. The van der Waals surface area contributed by atoms with Crippen molar-refractivity contribution < 1.29 is 18.7 Å². The summed E-state index contributed by atoms with van der Waals surface area (Å²) in [6, 6.07) is 10.3. The zero-order valence-corrected chi connectivity index (χ0v) is 13.3. The van der Waals surface area contributed by atoms with Gasteiger partial charge in [0, 0.05) is 18.0 Å². The quantitative estimate of drug-likeness (QED) is 0.599. The van der Waals surface area contributed by atoms with Crippen LogP contribution in [0.2, 0.25) is 0 Å². The molecule has 0 atom stereocenters. The van der Waals surface area contributed by atoms with Crippen molar-refractivity contribution in [3.8, 4) is 17.6 Å².